The number of anilines is 1. The summed E-state index contributed by atoms with van der Waals surface area (Å²) in [5, 5.41) is 25.7. The molecule has 0 N–H and O–H groups in total. The van der Waals surface area contributed by atoms with Crippen molar-refractivity contribution >= 4 is 11.4 Å². The van der Waals surface area contributed by atoms with Crippen molar-refractivity contribution in [3.8, 4) is 11.4 Å². The molecule has 0 amide bonds. The molecule has 2 atom stereocenters. The second-order valence-electron chi connectivity index (χ2n) is 6.01. The molecule has 0 spiro atoms. The minimum atomic E-state index is -0.418. The zero-order chi connectivity index (χ0) is 15.7. The molecule has 2 heterocycles. The van der Waals surface area contributed by atoms with E-state index >= 15 is 0 Å². The van der Waals surface area contributed by atoms with Crippen molar-refractivity contribution in [1.82, 2.24) is 20.6 Å². The van der Waals surface area contributed by atoms with Gasteiger partial charge < -0.3 is 10.00 Å². The minimum absolute atomic E-state index is 0.0154. The molecule has 0 bridgehead atoms. The van der Waals surface area contributed by atoms with Crippen LogP contribution in [-0.2, 0) is 0 Å². The van der Waals surface area contributed by atoms with E-state index in [0.29, 0.717) is 23.2 Å². The summed E-state index contributed by atoms with van der Waals surface area (Å²) >= 11 is 0. The van der Waals surface area contributed by atoms with Crippen LogP contribution in [0.4, 0.5) is 11.4 Å². The number of tetrazole rings is 1. The maximum Gasteiger partial charge on any atom is 0.270 e. The lowest BCUT2D eigenvalue weighted by Gasteiger charge is -2.37. The van der Waals surface area contributed by atoms with Gasteiger partial charge >= 0.3 is 0 Å². The molecule has 2 aromatic rings. The lowest BCUT2D eigenvalue weighted by molar-refractivity contribution is -0.384. The highest BCUT2D eigenvalue weighted by Gasteiger charge is 2.24. The third-order valence-electron chi connectivity index (χ3n) is 3.96. The van der Waals surface area contributed by atoms with Crippen LogP contribution >= 0.6 is 0 Å². The Kier molecular flexibility index (Phi) is 3.74. The zero-order valence-electron chi connectivity index (χ0n) is 12.5. The smallest absolute Gasteiger partial charge is 0.270 e. The monoisotopic (exact) mass is 301 g/mol. The molecule has 0 unspecified atom stereocenters. The van der Waals surface area contributed by atoms with E-state index < -0.39 is 4.92 Å². The van der Waals surface area contributed by atoms with Crippen molar-refractivity contribution in [2.45, 2.75) is 20.3 Å². The van der Waals surface area contributed by atoms with Crippen molar-refractivity contribution in [2.75, 3.05) is 18.0 Å². The largest absolute Gasteiger partial charge is 0.370 e. The summed E-state index contributed by atoms with van der Waals surface area (Å²) < 4.78 is 0. The molecule has 1 saturated heterocycles. The van der Waals surface area contributed by atoms with Gasteiger partial charge in [-0.1, -0.05) is 13.8 Å². The predicted molar refractivity (Wildman–Crippen MR) is 80.4 cm³/mol. The average Bonchev–Trinajstić information content (AvgIpc) is 2.99. The number of benzene rings is 1. The first-order valence-electron chi connectivity index (χ1n) is 7.27. The van der Waals surface area contributed by atoms with Crippen LogP contribution in [0, 0.1) is 22.0 Å². The predicted octanol–water partition coefficient (Wildman–Crippen LogP) is 1.89. The van der Waals surface area contributed by atoms with Crippen LogP contribution in [0.15, 0.2) is 18.2 Å². The summed E-state index contributed by atoms with van der Waals surface area (Å²) in [4.78, 5) is 12.9. The topological polar surface area (TPSA) is 99.2 Å². The van der Waals surface area contributed by atoms with Gasteiger partial charge in [0.2, 0.25) is 0 Å². The van der Waals surface area contributed by atoms with Crippen molar-refractivity contribution in [2.24, 2.45) is 11.8 Å². The van der Waals surface area contributed by atoms with Gasteiger partial charge in [0.05, 0.1) is 4.92 Å². The van der Waals surface area contributed by atoms with Crippen LogP contribution in [0.3, 0.4) is 0 Å². The molecule has 0 aliphatic carbocycles. The molecular weight excluding hydrogens is 284 g/mol. The normalized spacial score (nSPS) is 21.8. The number of non-ortho nitro benzene ring substituents is 1. The maximum absolute atomic E-state index is 11.0. The highest BCUT2D eigenvalue weighted by Crippen LogP contribution is 2.35. The molecule has 22 heavy (non-hydrogen) atoms. The summed E-state index contributed by atoms with van der Waals surface area (Å²) in [7, 11) is 0. The van der Waals surface area contributed by atoms with E-state index in [2.05, 4.69) is 39.4 Å². The third kappa shape index (κ3) is 2.76. The van der Waals surface area contributed by atoms with E-state index in [-0.39, 0.29) is 5.69 Å². The van der Waals surface area contributed by atoms with E-state index in [1.165, 1.54) is 18.6 Å². The van der Waals surface area contributed by atoms with Gasteiger partial charge in [0, 0.05) is 42.3 Å². The Balaban J connectivity index is 2.05. The number of piperidine rings is 1. The Bertz CT molecular complexity index is 662. The van der Waals surface area contributed by atoms with Gasteiger partial charge in [-0.05, 0) is 24.3 Å². The second kappa shape index (κ2) is 5.70. The Morgan fingerprint density at radius 1 is 1.32 bits per heavy atom. The van der Waals surface area contributed by atoms with Crippen molar-refractivity contribution in [3.63, 3.8) is 0 Å². The van der Waals surface area contributed by atoms with Gasteiger partial charge in [0.25, 0.3) is 5.69 Å². The van der Waals surface area contributed by atoms with E-state index in [1.807, 2.05) is 0 Å². The van der Waals surface area contributed by atoms with Crippen molar-refractivity contribution in [3.05, 3.63) is 28.3 Å². The minimum Gasteiger partial charge on any atom is -0.370 e. The Labute approximate surface area is 127 Å². The molecule has 1 aliphatic heterocycles. The van der Waals surface area contributed by atoms with Gasteiger partial charge in [0.1, 0.15) is 0 Å². The molecule has 0 radical (unpaired) electrons. The van der Waals surface area contributed by atoms with Gasteiger partial charge in [-0.15, -0.1) is 0 Å². The van der Waals surface area contributed by atoms with Crippen molar-refractivity contribution in [1.29, 1.82) is 0 Å². The van der Waals surface area contributed by atoms with E-state index in [1.54, 1.807) is 6.07 Å². The van der Waals surface area contributed by atoms with Crippen LogP contribution < -0.4 is 10.00 Å². The standard InChI is InChI=1S/C14H17N6O2/c1-9-5-10(2)8-19(7-9)13-4-3-11(20(21)22)6-12(13)14-15-17-18-16-14/h3-4,6,9-10H,5,7-8H2,1-2H3/q-1/t9-,10-/m0/s1. The van der Waals surface area contributed by atoms with Crippen LogP contribution in [-0.4, -0.2) is 33.5 Å². The Morgan fingerprint density at radius 2 is 2.05 bits per heavy atom. The first-order chi connectivity index (χ1) is 10.5. The molecule has 1 aliphatic rings. The SMILES string of the molecule is C[C@H]1C[C@H](C)CN(c2ccc([N+](=O)[O-])cc2-c2nnn[n-]2)C1. The van der Waals surface area contributed by atoms with Crippen LogP contribution in [0.2, 0.25) is 0 Å². The number of aromatic nitrogens is 4. The molecule has 8 heteroatoms. The fourth-order valence-electron chi connectivity index (χ4n) is 3.20. The number of hydrogen-bond acceptors (Lipinski definition) is 6. The lowest BCUT2D eigenvalue weighted by atomic mass is 9.91. The van der Waals surface area contributed by atoms with Gasteiger partial charge in [-0.25, -0.2) is 0 Å². The van der Waals surface area contributed by atoms with Crippen molar-refractivity contribution < 1.29 is 4.92 Å². The van der Waals surface area contributed by atoms with E-state index in [0.717, 1.165) is 18.8 Å². The summed E-state index contributed by atoms with van der Waals surface area (Å²) in [5.74, 6) is 1.47. The van der Waals surface area contributed by atoms with Gasteiger partial charge in [0.15, 0.2) is 0 Å². The third-order valence-corrected chi connectivity index (χ3v) is 3.96. The summed E-state index contributed by atoms with van der Waals surface area (Å²) in [6, 6.07) is 4.79. The second-order valence-corrected chi connectivity index (χ2v) is 6.01. The van der Waals surface area contributed by atoms with Gasteiger partial charge in [-0.3, -0.25) is 20.4 Å². The quantitative estimate of drug-likeness (QED) is 0.630. The number of hydrogen-bond donors (Lipinski definition) is 0. The highest BCUT2D eigenvalue weighted by molar-refractivity contribution is 5.76. The number of nitrogens with zero attached hydrogens (tertiary/aromatic N) is 6. The van der Waals surface area contributed by atoms with Crippen LogP contribution in [0.25, 0.3) is 11.4 Å². The average molecular weight is 301 g/mol. The fourth-order valence-corrected chi connectivity index (χ4v) is 3.20. The summed E-state index contributed by atoms with van der Waals surface area (Å²) in [6.45, 7) is 6.26. The van der Waals surface area contributed by atoms with Crippen LogP contribution in [0.5, 0.6) is 0 Å². The highest BCUT2D eigenvalue weighted by atomic mass is 16.6. The summed E-state index contributed by atoms with van der Waals surface area (Å²) in [5.41, 5.74) is 1.53. The number of nitro groups is 1. The molecule has 8 nitrogen and oxygen atoms in total. The molecule has 1 aromatic carbocycles. The van der Waals surface area contributed by atoms with Crippen LogP contribution in [0.1, 0.15) is 20.3 Å². The zero-order valence-corrected chi connectivity index (χ0v) is 12.5. The Morgan fingerprint density at radius 3 is 2.64 bits per heavy atom. The first-order valence-corrected chi connectivity index (χ1v) is 7.27. The first kappa shape index (κ1) is 14.4. The molecular formula is C14H17N6O2-. The molecule has 0 saturated carbocycles. The molecule has 116 valence electrons. The maximum atomic E-state index is 11.0. The molecule has 3 rings (SSSR count). The number of nitro benzene ring substituents is 1. The lowest BCUT2D eigenvalue weighted by Crippen LogP contribution is -2.39. The van der Waals surface area contributed by atoms with E-state index in [4.69, 9.17) is 0 Å². The van der Waals surface area contributed by atoms with Gasteiger partial charge in [-0.2, -0.15) is 5.21 Å². The molecule has 1 fully saturated rings. The summed E-state index contributed by atoms with van der Waals surface area (Å²) in [6.07, 6.45) is 1.19. The molecule has 1 aromatic heterocycles. The Hall–Kier alpha value is -2.51. The fraction of sp³-hybridized carbons (Fsp3) is 0.500. The number of rotatable bonds is 3. The van der Waals surface area contributed by atoms with E-state index in [9.17, 15) is 10.1 Å².